The molecule has 6 nitrogen and oxygen atoms in total. The molecular formula is C12H22N2O4. The van der Waals surface area contributed by atoms with E-state index < -0.39 is 12.0 Å². The van der Waals surface area contributed by atoms with Gasteiger partial charge in [0.1, 0.15) is 6.04 Å². The van der Waals surface area contributed by atoms with Crippen LogP contribution in [0.3, 0.4) is 0 Å². The fraction of sp³-hybridized carbons (Fsp3) is 0.833. The Kier molecular flexibility index (Phi) is 5.40. The first kappa shape index (κ1) is 14.8. The quantitative estimate of drug-likeness (QED) is 0.768. The van der Waals surface area contributed by atoms with Gasteiger partial charge in [0, 0.05) is 20.2 Å². The third-order valence-corrected chi connectivity index (χ3v) is 3.07. The van der Waals surface area contributed by atoms with Crippen molar-refractivity contribution in [1.29, 1.82) is 0 Å². The van der Waals surface area contributed by atoms with Crippen molar-refractivity contribution in [2.24, 2.45) is 5.92 Å². The molecule has 1 fully saturated rings. The van der Waals surface area contributed by atoms with Crippen LogP contribution in [0.2, 0.25) is 0 Å². The van der Waals surface area contributed by atoms with E-state index in [1.807, 2.05) is 13.8 Å². The zero-order valence-electron chi connectivity index (χ0n) is 11.2. The standard InChI is InChI=1S/C12H22N2O4/c1-8(2)6-10(11(15)16)13-12(17)14-5-4-9(7-14)18-3/h8-10H,4-7H2,1-3H3,(H,13,17)(H,15,16)/t9?,10-/m1/s1. The molecule has 0 aromatic carbocycles. The van der Waals surface area contributed by atoms with Crippen LogP contribution in [0.1, 0.15) is 26.7 Å². The molecule has 1 saturated heterocycles. The molecule has 0 aliphatic carbocycles. The maximum Gasteiger partial charge on any atom is 0.326 e. The second kappa shape index (κ2) is 6.58. The molecule has 1 rings (SSSR count). The first-order valence-electron chi connectivity index (χ1n) is 6.25. The summed E-state index contributed by atoms with van der Waals surface area (Å²) in [5.74, 6) is -0.767. The third kappa shape index (κ3) is 4.18. The molecule has 6 heteroatoms. The van der Waals surface area contributed by atoms with Gasteiger partial charge in [-0.05, 0) is 18.8 Å². The lowest BCUT2D eigenvalue weighted by Crippen LogP contribution is -2.48. The van der Waals surface area contributed by atoms with E-state index >= 15 is 0 Å². The summed E-state index contributed by atoms with van der Waals surface area (Å²) in [6, 6.07) is -1.14. The number of aliphatic carboxylic acids is 1. The van der Waals surface area contributed by atoms with Gasteiger partial charge in [0.25, 0.3) is 0 Å². The Labute approximate surface area is 107 Å². The summed E-state index contributed by atoms with van der Waals surface area (Å²) >= 11 is 0. The van der Waals surface area contributed by atoms with Crippen LogP contribution < -0.4 is 5.32 Å². The Balaban J connectivity index is 2.49. The molecule has 0 aromatic rings. The minimum Gasteiger partial charge on any atom is -0.480 e. The number of methoxy groups -OCH3 is 1. The number of carboxylic acid groups (broad SMARTS) is 1. The summed E-state index contributed by atoms with van der Waals surface area (Å²) < 4.78 is 5.17. The summed E-state index contributed by atoms with van der Waals surface area (Å²) in [6.45, 7) is 4.99. The monoisotopic (exact) mass is 258 g/mol. The first-order valence-corrected chi connectivity index (χ1v) is 6.25. The molecule has 0 bridgehead atoms. The average molecular weight is 258 g/mol. The lowest BCUT2D eigenvalue weighted by atomic mass is 10.0. The van der Waals surface area contributed by atoms with E-state index in [0.717, 1.165) is 6.42 Å². The first-order chi connectivity index (χ1) is 8.43. The number of carboxylic acids is 1. The second-order valence-corrected chi connectivity index (χ2v) is 5.06. The molecule has 1 heterocycles. The van der Waals surface area contributed by atoms with E-state index in [2.05, 4.69) is 5.32 Å². The van der Waals surface area contributed by atoms with E-state index in [-0.39, 0.29) is 18.1 Å². The highest BCUT2D eigenvalue weighted by atomic mass is 16.5. The van der Waals surface area contributed by atoms with E-state index in [1.54, 1.807) is 12.0 Å². The van der Waals surface area contributed by atoms with Crippen molar-refractivity contribution in [3.8, 4) is 0 Å². The highest BCUT2D eigenvalue weighted by Crippen LogP contribution is 2.12. The molecule has 0 radical (unpaired) electrons. The molecule has 1 aliphatic heterocycles. The van der Waals surface area contributed by atoms with Crippen LogP contribution in [0.5, 0.6) is 0 Å². The SMILES string of the molecule is COC1CCN(C(=O)N[C@H](CC(C)C)C(=O)O)C1. The molecule has 0 saturated carbocycles. The van der Waals surface area contributed by atoms with Gasteiger partial charge in [-0.1, -0.05) is 13.8 Å². The van der Waals surface area contributed by atoms with Gasteiger partial charge < -0.3 is 20.1 Å². The highest BCUT2D eigenvalue weighted by molar-refractivity contribution is 5.82. The maximum absolute atomic E-state index is 11.9. The number of carbonyl (C=O) groups excluding carboxylic acids is 1. The normalized spacial score (nSPS) is 21.1. The summed E-state index contributed by atoms with van der Waals surface area (Å²) in [5, 5.41) is 11.6. The van der Waals surface area contributed by atoms with Crippen LogP contribution in [0.4, 0.5) is 4.79 Å². The largest absolute Gasteiger partial charge is 0.480 e. The topological polar surface area (TPSA) is 78.9 Å². The van der Waals surface area contributed by atoms with Crippen molar-refractivity contribution >= 4 is 12.0 Å². The van der Waals surface area contributed by atoms with E-state index in [0.29, 0.717) is 19.5 Å². The Morgan fingerprint density at radius 3 is 2.61 bits per heavy atom. The molecule has 1 unspecified atom stereocenters. The van der Waals surface area contributed by atoms with Gasteiger partial charge in [-0.3, -0.25) is 0 Å². The predicted molar refractivity (Wildman–Crippen MR) is 66.4 cm³/mol. The van der Waals surface area contributed by atoms with Gasteiger partial charge in [0.05, 0.1) is 6.10 Å². The smallest absolute Gasteiger partial charge is 0.326 e. The number of hydrogen-bond acceptors (Lipinski definition) is 3. The lowest BCUT2D eigenvalue weighted by molar-refractivity contribution is -0.139. The second-order valence-electron chi connectivity index (χ2n) is 5.06. The maximum atomic E-state index is 11.9. The fourth-order valence-corrected chi connectivity index (χ4v) is 2.04. The van der Waals surface area contributed by atoms with Gasteiger partial charge in [0.2, 0.25) is 0 Å². The van der Waals surface area contributed by atoms with Crippen LogP contribution >= 0.6 is 0 Å². The molecule has 104 valence electrons. The summed E-state index contributed by atoms with van der Waals surface area (Å²) in [4.78, 5) is 24.5. The zero-order chi connectivity index (χ0) is 13.7. The van der Waals surface area contributed by atoms with Gasteiger partial charge in [-0.25, -0.2) is 9.59 Å². The predicted octanol–water partition coefficient (Wildman–Crippen LogP) is 0.916. The molecule has 2 N–H and O–H groups in total. The van der Waals surface area contributed by atoms with Crippen molar-refractivity contribution < 1.29 is 19.4 Å². The number of ether oxygens (including phenoxy) is 1. The van der Waals surface area contributed by atoms with Gasteiger partial charge >= 0.3 is 12.0 Å². The van der Waals surface area contributed by atoms with E-state index in [4.69, 9.17) is 9.84 Å². The van der Waals surface area contributed by atoms with Crippen LogP contribution in [-0.4, -0.2) is 54.4 Å². The molecule has 18 heavy (non-hydrogen) atoms. The zero-order valence-corrected chi connectivity index (χ0v) is 11.2. The van der Waals surface area contributed by atoms with Gasteiger partial charge in [-0.2, -0.15) is 0 Å². The minimum absolute atomic E-state index is 0.0594. The van der Waals surface area contributed by atoms with E-state index in [9.17, 15) is 9.59 Å². The Bertz CT molecular complexity index is 306. The number of nitrogens with zero attached hydrogens (tertiary/aromatic N) is 1. The van der Waals surface area contributed by atoms with Gasteiger partial charge in [-0.15, -0.1) is 0 Å². The average Bonchev–Trinajstić information content (AvgIpc) is 2.75. The van der Waals surface area contributed by atoms with Crippen molar-refractivity contribution in [2.75, 3.05) is 20.2 Å². The third-order valence-electron chi connectivity index (χ3n) is 3.07. The van der Waals surface area contributed by atoms with Gasteiger partial charge in [0.15, 0.2) is 0 Å². The van der Waals surface area contributed by atoms with Crippen molar-refractivity contribution in [3.63, 3.8) is 0 Å². The summed E-state index contributed by atoms with van der Waals surface area (Å²) in [6.07, 6.45) is 1.29. The number of carbonyl (C=O) groups is 2. The van der Waals surface area contributed by atoms with Crippen LogP contribution in [0.15, 0.2) is 0 Å². The number of amides is 2. The Morgan fingerprint density at radius 2 is 2.17 bits per heavy atom. The minimum atomic E-state index is -0.987. The summed E-state index contributed by atoms with van der Waals surface area (Å²) in [5.41, 5.74) is 0. The molecular weight excluding hydrogens is 236 g/mol. The molecule has 0 aromatic heterocycles. The molecule has 0 spiro atoms. The molecule has 2 amide bonds. The fourth-order valence-electron chi connectivity index (χ4n) is 2.04. The van der Waals surface area contributed by atoms with Crippen molar-refractivity contribution in [3.05, 3.63) is 0 Å². The van der Waals surface area contributed by atoms with Crippen molar-refractivity contribution in [2.45, 2.75) is 38.8 Å². The number of rotatable bonds is 5. The number of hydrogen-bond donors (Lipinski definition) is 2. The molecule has 2 atom stereocenters. The number of likely N-dealkylation sites (tertiary alicyclic amines) is 1. The van der Waals surface area contributed by atoms with E-state index in [1.165, 1.54) is 0 Å². The van der Waals surface area contributed by atoms with Crippen LogP contribution in [-0.2, 0) is 9.53 Å². The number of nitrogens with one attached hydrogen (secondary N) is 1. The van der Waals surface area contributed by atoms with Crippen molar-refractivity contribution in [1.82, 2.24) is 10.2 Å². The lowest BCUT2D eigenvalue weighted by Gasteiger charge is -2.21. The Hall–Kier alpha value is -1.30. The highest BCUT2D eigenvalue weighted by Gasteiger charge is 2.29. The van der Waals surface area contributed by atoms with Crippen LogP contribution in [0.25, 0.3) is 0 Å². The van der Waals surface area contributed by atoms with Crippen LogP contribution in [0, 0.1) is 5.92 Å². The number of urea groups is 1. The molecule has 1 aliphatic rings. The summed E-state index contributed by atoms with van der Waals surface area (Å²) in [7, 11) is 1.62. The Morgan fingerprint density at radius 1 is 1.50 bits per heavy atom.